The minimum absolute atomic E-state index is 0.0675. The summed E-state index contributed by atoms with van der Waals surface area (Å²) in [7, 11) is 0. The Morgan fingerprint density at radius 1 is 1.38 bits per heavy atom. The monoisotopic (exact) mass is 177 g/mol. The Morgan fingerprint density at radius 2 is 2.08 bits per heavy atom. The van der Waals surface area contributed by atoms with Gasteiger partial charge in [-0.1, -0.05) is 0 Å². The average Bonchev–Trinajstić information content (AvgIpc) is 2.89. The van der Waals surface area contributed by atoms with Gasteiger partial charge in [-0.05, 0) is 12.8 Å². The number of nitriles is 2. The fourth-order valence-corrected chi connectivity index (χ4v) is 1.24. The van der Waals surface area contributed by atoms with E-state index in [1.807, 2.05) is 12.1 Å². The van der Waals surface area contributed by atoms with E-state index in [0.29, 0.717) is 19.0 Å². The predicted octanol–water partition coefficient (Wildman–Crippen LogP) is 0.805. The minimum Gasteiger partial charge on any atom is -0.338 e. The van der Waals surface area contributed by atoms with Gasteiger partial charge in [-0.2, -0.15) is 10.5 Å². The van der Waals surface area contributed by atoms with E-state index >= 15 is 0 Å². The molecular weight excluding hydrogens is 166 g/mol. The molecule has 0 spiro atoms. The number of carbonyl (C=O) groups is 1. The van der Waals surface area contributed by atoms with Crippen molar-refractivity contribution in [3.8, 4) is 12.1 Å². The van der Waals surface area contributed by atoms with Crippen molar-refractivity contribution >= 4 is 5.91 Å². The van der Waals surface area contributed by atoms with Gasteiger partial charge in [0.1, 0.15) is 6.42 Å². The Bertz CT molecular complexity index is 270. The molecule has 0 unspecified atom stereocenters. The molecule has 0 radical (unpaired) electrons. The van der Waals surface area contributed by atoms with Crippen LogP contribution in [0.3, 0.4) is 0 Å². The first-order valence-corrected chi connectivity index (χ1v) is 4.33. The second-order valence-electron chi connectivity index (χ2n) is 3.06. The summed E-state index contributed by atoms with van der Waals surface area (Å²) < 4.78 is 0. The smallest absolute Gasteiger partial charge is 0.237 e. The van der Waals surface area contributed by atoms with Crippen molar-refractivity contribution in [1.82, 2.24) is 4.90 Å². The van der Waals surface area contributed by atoms with Gasteiger partial charge in [-0.15, -0.1) is 0 Å². The first-order chi connectivity index (χ1) is 6.29. The Morgan fingerprint density at radius 3 is 2.54 bits per heavy atom. The van der Waals surface area contributed by atoms with Crippen molar-refractivity contribution in [3.05, 3.63) is 0 Å². The minimum atomic E-state index is -0.139. The fourth-order valence-electron chi connectivity index (χ4n) is 1.24. The molecule has 4 nitrogen and oxygen atoms in total. The summed E-state index contributed by atoms with van der Waals surface area (Å²) in [6, 6.07) is 4.13. The van der Waals surface area contributed by atoms with E-state index < -0.39 is 0 Å². The Hall–Kier alpha value is -1.55. The Balaban J connectivity index is 2.43. The van der Waals surface area contributed by atoms with Crippen LogP contribution in [-0.2, 0) is 4.79 Å². The topological polar surface area (TPSA) is 67.9 Å². The molecule has 1 fully saturated rings. The average molecular weight is 177 g/mol. The summed E-state index contributed by atoms with van der Waals surface area (Å²) in [5.74, 6) is -0.139. The van der Waals surface area contributed by atoms with Crippen LogP contribution in [-0.4, -0.2) is 23.4 Å². The Labute approximate surface area is 77.4 Å². The van der Waals surface area contributed by atoms with Crippen molar-refractivity contribution in [2.75, 3.05) is 6.54 Å². The third-order valence-corrected chi connectivity index (χ3v) is 2.00. The zero-order valence-corrected chi connectivity index (χ0v) is 7.36. The predicted molar refractivity (Wildman–Crippen MR) is 45.2 cm³/mol. The summed E-state index contributed by atoms with van der Waals surface area (Å²) in [6.45, 7) is 0.474. The van der Waals surface area contributed by atoms with E-state index in [1.54, 1.807) is 4.90 Å². The fraction of sp³-hybridized carbons (Fsp3) is 0.667. The molecule has 0 N–H and O–H groups in total. The number of hydrogen-bond donors (Lipinski definition) is 0. The van der Waals surface area contributed by atoms with E-state index in [1.165, 1.54) is 0 Å². The lowest BCUT2D eigenvalue weighted by Crippen LogP contribution is -2.33. The lowest BCUT2D eigenvalue weighted by molar-refractivity contribution is -0.130. The lowest BCUT2D eigenvalue weighted by Gasteiger charge is -2.19. The van der Waals surface area contributed by atoms with Crippen LogP contribution in [0.4, 0.5) is 0 Å². The first kappa shape index (κ1) is 9.54. The van der Waals surface area contributed by atoms with Gasteiger partial charge in [-0.25, -0.2) is 0 Å². The number of carbonyl (C=O) groups excluding carboxylic acids is 1. The maximum atomic E-state index is 11.3. The van der Waals surface area contributed by atoms with Gasteiger partial charge in [-0.3, -0.25) is 4.79 Å². The number of nitrogens with zero attached hydrogens (tertiary/aromatic N) is 3. The van der Waals surface area contributed by atoms with E-state index in [0.717, 1.165) is 12.8 Å². The quantitative estimate of drug-likeness (QED) is 0.638. The molecule has 1 saturated carbocycles. The maximum Gasteiger partial charge on any atom is 0.237 e. The van der Waals surface area contributed by atoms with Gasteiger partial charge in [0, 0.05) is 12.6 Å². The van der Waals surface area contributed by atoms with Crippen molar-refractivity contribution in [3.63, 3.8) is 0 Å². The molecule has 0 aromatic rings. The van der Waals surface area contributed by atoms with Gasteiger partial charge >= 0.3 is 0 Å². The molecule has 0 atom stereocenters. The molecule has 4 heteroatoms. The third-order valence-electron chi connectivity index (χ3n) is 2.00. The van der Waals surface area contributed by atoms with Crippen LogP contribution in [0.25, 0.3) is 0 Å². The molecule has 0 aliphatic heterocycles. The van der Waals surface area contributed by atoms with Gasteiger partial charge in [0.25, 0.3) is 0 Å². The molecular formula is C9H11N3O. The van der Waals surface area contributed by atoms with Gasteiger partial charge in [0.2, 0.25) is 5.91 Å². The molecule has 1 aliphatic rings. The van der Waals surface area contributed by atoms with Crippen molar-refractivity contribution in [1.29, 1.82) is 10.5 Å². The summed E-state index contributed by atoms with van der Waals surface area (Å²) in [6.07, 6.45) is 2.32. The molecule has 1 rings (SSSR count). The molecule has 13 heavy (non-hydrogen) atoms. The van der Waals surface area contributed by atoms with E-state index in [4.69, 9.17) is 10.5 Å². The molecule has 0 heterocycles. The van der Waals surface area contributed by atoms with Crippen LogP contribution in [0, 0.1) is 22.7 Å². The Kier molecular flexibility index (Phi) is 3.28. The summed E-state index contributed by atoms with van der Waals surface area (Å²) in [5, 5.41) is 16.7. The van der Waals surface area contributed by atoms with E-state index in [-0.39, 0.29) is 12.3 Å². The molecule has 68 valence electrons. The molecule has 0 saturated heterocycles. The normalized spacial score (nSPS) is 14.3. The second kappa shape index (κ2) is 4.47. The highest BCUT2D eigenvalue weighted by Crippen LogP contribution is 2.27. The van der Waals surface area contributed by atoms with Crippen LogP contribution in [0.5, 0.6) is 0 Å². The van der Waals surface area contributed by atoms with E-state index in [9.17, 15) is 4.79 Å². The third kappa shape index (κ3) is 2.76. The van der Waals surface area contributed by atoms with Gasteiger partial charge in [0.15, 0.2) is 0 Å². The van der Waals surface area contributed by atoms with Crippen LogP contribution in [0.2, 0.25) is 0 Å². The second-order valence-corrected chi connectivity index (χ2v) is 3.06. The standard InChI is InChI=1S/C9H11N3O/c10-5-1-7-12(8-2-3-8)9(13)4-6-11/h8H,1-4,7H2. The maximum absolute atomic E-state index is 11.3. The van der Waals surface area contributed by atoms with Crippen LogP contribution in [0.15, 0.2) is 0 Å². The number of rotatable bonds is 4. The highest BCUT2D eigenvalue weighted by atomic mass is 16.2. The van der Waals surface area contributed by atoms with Gasteiger partial charge < -0.3 is 4.90 Å². The summed E-state index contributed by atoms with van der Waals surface area (Å²) in [5.41, 5.74) is 0. The number of hydrogen-bond acceptors (Lipinski definition) is 3. The highest BCUT2D eigenvalue weighted by molar-refractivity contribution is 5.78. The molecule has 0 bridgehead atoms. The van der Waals surface area contributed by atoms with Gasteiger partial charge in [0.05, 0.1) is 18.6 Å². The van der Waals surface area contributed by atoms with Crippen LogP contribution in [0.1, 0.15) is 25.7 Å². The van der Waals surface area contributed by atoms with Crippen molar-refractivity contribution in [2.45, 2.75) is 31.7 Å². The van der Waals surface area contributed by atoms with Crippen molar-refractivity contribution < 1.29 is 4.79 Å². The zero-order chi connectivity index (χ0) is 9.68. The molecule has 0 aromatic heterocycles. The zero-order valence-electron chi connectivity index (χ0n) is 7.36. The van der Waals surface area contributed by atoms with Crippen LogP contribution < -0.4 is 0 Å². The number of amides is 1. The van der Waals surface area contributed by atoms with Crippen molar-refractivity contribution in [2.24, 2.45) is 0 Å². The van der Waals surface area contributed by atoms with Crippen LogP contribution >= 0.6 is 0 Å². The SMILES string of the molecule is N#CCCN(C(=O)CC#N)C1CC1. The largest absolute Gasteiger partial charge is 0.338 e. The van der Waals surface area contributed by atoms with E-state index in [2.05, 4.69) is 0 Å². The first-order valence-electron chi connectivity index (χ1n) is 4.33. The lowest BCUT2D eigenvalue weighted by atomic mass is 10.3. The molecule has 0 aromatic carbocycles. The molecule has 1 amide bonds. The highest BCUT2D eigenvalue weighted by Gasteiger charge is 2.31. The summed E-state index contributed by atoms with van der Waals surface area (Å²) in [4.78, 5) is 13.0. The molecule has 1 aliphatic carbocycles. The summed E-state index contributed by atoms with van der Waals surface area (Å²) >= 11 is 0.